The van der Waals surface area contributed by atoms with Crippen LogP contribution in [0.1, 0.15) is 24.3 Å². The molecule has 3 nitrogen and oxygen atoms in total. The molecule has 2 aromatic rings. The number of benzene rings is 2. The van der Waals surface area contributed by atoms with E-state index in [1.165, 1.54) is 5.56 Å². The number of hydrogen-bond acceptors (Lipinski definition) is 2. The van der Waals surface area contributed by atoms with Crippen LogP contribution in [0.3, 0.4) is 0 Å². The number of nitrogens with zero attached hydrogens (tertiary/aromatic N) is 1. The molecule has 3 rings (SSSR count). The number of ether oxygens (including phenoxy) is 1. The summed E-state index contributed by atoms with van der Waals surface area (Å²) in [6.45, 7) is 1.48. The van der Waals surface area contributed by atoms with E-state index in [-0.39, 0.29) is 6.09 Å². The Hall–Kier alpha value is -1.81. The van der Waals surface area contributed by atoms with Crippen molar-refractivity contribution in [2.24, 2.45) is 0 Å². The minimum atomic E-state index is -0.256. The molecule has 2 aromatic carbocycles. The Kier molecular flexibility index (Phi) is 4.78. The smallest absolute Gasteiger partial charge is 0.410 e. The fraction of sp³-hybridized carbons (Fsp3) is 0.278. The first-order valence-corrected chi connectivity index (χ1v) is 8.29. The Morgan fingerprint density at radius 1 is 1.09 bits per heavy atom. The van der Waals surface area contributed by atoms with Crippen LogP contribution in [-0.2, 0) is 0 Å². The van der Waals surface area contributed by atoms with Crippen LogP contribution in [0.15, 0.2) is 59.1 Å². The lowest BCUT2D eigenvalue weighted by molar-refractivity contribution is 0.137. The molecule has 1 saturated heterocycles. The maximum atomic E-state index is 12.3. The van der Waals surface area contributed by atoms with Gasteiger partial charge in [0.1, 0.15) is 5.75 Å². The fourth-order valence-electron chi connectivity index (χ4n) is 2.80. The Morgan fingerprint density at radius 3 is 2.55 bits per heavy atom. The molecule has 0 bridgehead atoms. The van der Waals surface area contributed by atoms with E-state index in [0.717, 1.165) is 23.9 Å². The van der Waals surface area contributed by atoms with E-state index in [0.29, 0.717) is 18.2 Å². The Bertz CT molecular complexity index is 627. The highest BCUT2D eigenvalue weighted by molar-refractivity contribution is 9.10. The van der Waals surface area contributed by atoms with Gasteiger partial charge in [-0.05, 0) is 42.7 Å². The molecule has 1 aliphatic heterocycles. The highest BCUT2D eigenvalue weighted by Gasteiger charge is 2.25. The number of para-hydroxylation sites is 1. The lowest BCUT2D eigenvalue weighted by atomic mass is 9.91. The van der Waals surface area contributed by atoms with Crippen molar-refractivity contribution < 1.29 is 9.53 Å². The number of carbonyl (C=O) groups excluding carboxylic acids is 1. The van der Waals surface area contributed by atoms with Gasteiger partial charge in [-0.1, -0.05) is 46.3 Å². The second kappa shape index (κ2) is 6.97. The summed E-state index contributed by atoms with van der Waals surface area (Å²) in [5, 5.41) is 0. The SMILES string of the molecule is O=C(Oc1ccccc1)N1CCC[C@@H](c2ccc(Br)cc2)C1. The lowest BCUT2D eigenvalue weighted by Crippen LogP contribution is -2.40. The average molecular weight is 360 g/mol. The van der Waals surface area contributed by atoms with Crippen molar-refractivity contribution in [1.29, 1.82) is 0 Å². The Balaban J connectivity index is 1.65. The number of amides is 1. The van der Waals surface area contributed by atoms with Crippen LogP contribution in [0, 0.1) is 0 Å². The molecule has 0 aromatic heterocycles. The zero-order valence-electron chi connectivity index (χ0n) is 12.2. The summed E-state index contributed by atoms with van der Waals surface area (Å²) in [7, 11) is 0. The predicted molar refractivity (Wildman–Crippen MR) is 90.2 cm³/mol. The number of halogens is 1. The summed E-state index contributed by atoms with van der Waals surface area (Å²) in [6.07, 6.45) is 1.86. The third kappa shape index (κ3) is 3.69. The van der Waals surface area contributed by atoms with Crippen molar-refractivity contribution >= 4 is 22.0 Å². The predicted octanol–water partition coefficient (Wildman–Crippen LogP) is 4.83. The van der Waals surface area contributed by atoms with Gasteiger partial charge in [0.2, 0.25) is 0 Å². The van der Waals surface area contributed by atoms with Crippen molar-refractivity contribution in [3.63, 3.8) is 0 Å². The van der Waals surface area contributed by atoms with E-state index in [4.69, 9.17) is 4.74 Å². The molecule has 114 valence electrons. The minimum absolute atomic E-state index is 0.256. The van der Waals surface area contributed by atoms with Crippen molar-refractivity contribution in [1.82, 2.24) is 4.90 Å². The topological polar surface area (TPSA) is 29.5 Å². The summed E-state index contributed by atoms with van der Waals surface area (Å²) in [5.74, 6) is 0.975. The maximum absolute atomic E-state index is 12.3. The van der Waals surface area contributed by atoms with Gasteiger partial charge in [0.25, 0.3) is 0 Å². The molecule has 1 atom stereocenters. The molecular formula is C18H18BrNO2. The number of piperidine rings is 1. The van der Waals surface area contributed by atoms with E-state index >= 15 is 0 Å². The highest BCUT2D eigenvalue weighted by Crippen LogP contribution is 2.28. The van der Waals surface area contributed by atoms with E-state index in [1.54, 1.807) is 12.1 Å². The quantitative estimate of drug-likeness (QED) is 0.768. The summed E-state index contributed by atoms with van der Waals surface area (Å²) >= 11 is 3.46. The number of likely N-dealkylation sites (tertiary alicyclic amines) is 1. The van der Waals surface area contributed by atoms with E-state index < -0.39 is 0 Å². The second-order valence-corrected chi connectivity index (χ2v) is 6.43. The van der Waals surface area contributed by atoms with Gasteiger partial charge in [0.05, 0.1) is 0 Å². The monoisotopic (exact) mass is 359 g/mol. The third-order valence-electron chi connectivity index (χ3n) is 3.97. The van der Waals surface area contributed by atoms with Crippen LogP contribution in [-0.4, -0.2) is 24.1 Å². The molecule has 4 heteroatoms. The normalized spacial score (nSPS) is 18.0. The molecule has 1 aliphatic rings. The number of carbonyl (C=O) groups is 1. The van der Waals surface area contributed by atoms with Crippen LogP contribution in [0.5, 0.6) is 5.75 Å². The standard InChI is InChI=1S/C18H18BrNO2/c19-16-10-8-14(9-11-16)15-5-4-12-20(13-15)18(21)22-17-6-2-1-3-7-17/h1-3,6-11,15H,4-5,12-13H2/t15-/m1/s1. The van der Waals surface area contributed by atoms with Crippen LogP contribution in [0.25, 0.3) is 0 Å². The van der Waals surface area contributed by atoms with Crippen LogP contribution < -0.4 is 4.74 Å². The van der Waals surface area contributed by atoms with Gasteiger partial charge in [0.15, 0.2) is 0 Å². The Morgan fingerprint density at radius 2 is 1.82 bits per heavy atom. The van der Waals surface area contributed by atoms with Gasteiger partial charge in [-0.2, -0.15) is 0 Å². The number of hydrogen-bond donors (Lipinski definition) is 0. The molecule has 22 heavy (non-hydrogen) atoms. The average Bonchev–Trinajstić information content (AvgIpc) is 2.56. The molecule has 0 spiro atoms. The van der Waals surface area contributed by atoms with E-state index in [2.05, 4.69) is 40.2 Å². The zero-order valence-corrected chi connectivity index (χ0v) is 13.8. The second-order valence-electron chi connectivity index (χ2n) is 5.52. The molecule has 1 fully saturated rings. The van der Waals surface area contributed by atoms with Gasteiger partial charge in [-0.25, -0.2) is 4.79 Å². The Labute approximate surface area is 139 Å². The first-order chi connectivity index (χ1) is 10.7. The van der Waals surface area contributed by atoms with Crippen LogP contribution in [0.4, 0.5) is 4.79 Å². The number of rotatable bonds is 2. The van der Waals surface area contributed by atoms with Gasteiger partial charge in [0, 0.05) is 23.5 Å². The first-order valence-electron chi connectivity index (χ1n) is 7.49. The largest absolute Gasteiger partial charge is 0.415 e. The minimum Gasteiger partial charge on any atom is -0.410 e. The maximum Gasteiger partial charge on any atom is 0.415 e. The fourth-order valence-corrected chi connectivity index (χ4v) is 3.07. The summed E-state index contributed by atoms with van der Waals surface area (Å²) in [6, 6.07) is 17.6. The molecule has 1 amide bonds. The molecular weight excluding hydrogens is 342 g/mol. The first kappa shape index (κ1) is 15.1. The van der Waals surface area contributed by atoms with Gasteiger partial charge < -0.3 is 9.64 Å². The molecule has 0 N–H and O–H groups in total. The molecule has 0 aliphatic carbocycles. The van der Waals surface area contributed by atoms with Crippen molar-refractivity contribution in [3.05, 3.63) is 64.6 Å². The zero-order chi connectivity index (χ0) is 15.4. The van der Waals surface area contributed by atoms with Crippen LogP contribution in [0.2, 0.25) is 0 Å². The summed E-state index contributed by atoms with van der Waals surface area (Å²) < 4.78 is 6.51. The van der Waals surface area contributed by atoms with Gasteiger partial charge in [-0.15, -0.1) is 0 Å². The van der Waals surface area contributed by atoms with Gasteiger partial charge >= 0.3 is 6.09 Å². The van der Waals surface area contributed by atoms with E-state index in [9.17, 15) is 4.79 Å². The molecule has 0 unspecified atom stereocenters. The van der Waals surface area contributed by atoms with Crippen molar-refractivity contribution in [2.75, 3.05) is 13.1 Å². The highest BCUT2D eigenvalue weighted by atomic mass is 79.9. The molecule has 0 radical (unpaired) electrons. The summed E-state index contributed by atoms with van der Waals surface area (Å²) in [5.41, 5.74) is 1.28. The lowest BCUT2D eigenvalue weighted by Gasteiger charge is -2.32. The van der Waals surface area contributed by atoms with Crippen molar-refractivity contribution in [2.45, 2.75) is 18.8 Å². The van der Waals surface area contributed by atoms with Crippen LogP contribution >= 0.6 is 15.9 Å². The summed E-state index contributed by atoms with van der Waals surface area (Å²) in [4.78, 5) is 14.1. The van der Waals surface area contributed by atoms with Gasteiger partial charge in [-0.3, -0.25) is 0 Å². The van der Waals surface area contributed by atoms with Crippen molar-refractivity contribution in [3.8, 4) is 5.75 Å². The van der Waals surface area contributed by atoms with E-state index in [1.807, 2.05) is 23.1 Å². The third-order valence-corrected chi connectivity index (χ3v) is 4.50. The molecule has 0 saturated carbocycles. The molecule has 1 heterocycles.